The number of nitrogens with zero attached hydrogens (tertiary/aromatic N) is 2. The average Bonchev–Trinajstić information content (AvgIpc) is 2.89. The van der Waals surface area contributed by atoms with Gasteiger partial charge in [-0.15, -0.1) is 0 Å². The number of hydrogen-bond acceptors (Lipinski definition) is 4. The number of amidine groups is 1. The molecule has 1 atom stereocenters. The van der Waals surface area contributed by atoms with Crippen molar-refractivity contribution in [2.45, 2.75) is 5.92 Å². The molecule has 1 unspecified atom stereocenters. The summed E-state index contributed by atoms with van der Waals surface area (Å²) in [6.07, 6.45) is 0. The topological polar surface area (TPSA) is 89.9 Å². The van der Waals surface area contributed by atoms with E-state index in [2.05, 4.69) is 9.97 Å². The molecule has 6 nitrogen and oxygen atoms in total. The van der Waals surface area contributed by atoms with E-state index in [1.807, 2.05) is 0 Å². The van der Waals surface area contributed by atoms with Crippen LogP contribution < -0.4 is 10.5 Å². The Labute approximate surface area is 147 Å². The van der Waals surface area contributed by atoms with Crippen LogP contribution in [-0.2, 0) is 4.79 Å². The number of halogens is 1. The Morgan fingerprint density at radius 2 is 1.96 bits per heavy atom. The smallest absolute Gasteiger partial charge is 0.258 e. The standard InChI is InChI=1S/C18H13ClN4O2/c19-10-4-3-5-11(8-10)23-9-14(24)15(16(23)20)17-21-13-7-2-1-6-12(13)18(25)22-17/h1-8,15,20H,9H2,(H,21,22,25). The third kappa shape index (κ3) is 2.60. The predicted octanol–water partition coefficient (Wildman–Crippen LogP) is 2.73. The molecule has 2 aromatic carbocycles. The molecule has 1 fully saturated rings. The van der Waals surface area contributed by atoms with Gasteiger partial charge in [-0.3, -0.25) is 15.0 Å². The van der Waals surface area contributed by atoms with E-state index in [0.717, 1.165) is 0 Å². The molecule has 124 valence electrons. The fourth-order valence-electron chi connectivity index (χ4n) is 3.04. The molecule has 1 aliphatic heterocycles. The second-order valence-electron chi connectivity index (χ2n) is 5.82. The van der Waals surface area contributed by atoms with Crippen LogP contribution in [0.15, 0.2) is 53.3 Å². The lowest BCUT2D eigenvalue weighted by Gasteiger charge is -2.18. The molecule has 0 radical (unpaired) electrons. The number of aromatic nitrogens is 2. The first-order valence-electron chi connectivity index (χ1n) is 7.68. The molecule has 2 N–H and O–H groups in total. The number of hydrogen-bond donors (Lipinski definition) is 2. The summed E-state index contributed by atoms with van der Waals surface area (Å²) >= 11 is 6.00. The van der Waals surface area contributed by atoms with Crippen LogP contribution in [0.4, 0.5) is 5.69 Å². The van der Waals surface area contributed by atoms with Crippen molar-refractivity contribution in [3.63, 3.8) is 0 Å². The molecule has 3 aromatic rings. The van der Waals surface area contributed by atoms with Crippen molar-refractivity contribution in [2.75, 3.05) is 11.4 Å². The predicted molar refractivity (Wildman–Crippen MR) is 96.6 cm³/mol. The van der Waals surface area contributed by atoms with E-state index >= 15 is 0 Å². The van der Waals surface area contributed by atoms with Gasteiger partial charge in [0.05, 0.1) is 17.4 Å². The lowest BCUT2D eigenvalue weighted by molar-refractivity contribution is -0.117. The Kier molecular flexibility index (Phi) is 3.62. The average molecular weight is 353 g/mol. The van der Waals surface area contributed by atoms with Gasteiger partial charge in [0.2, 0.25) is 0 Å². The number of carbonyl (C=O) groups is 1. The van der Waals surface area contributed by atoms with E-state index in [4.69, 9.17) is 17.0 Å². The molecule has 25 heavy (non-hydrogen) atoms. The highest BCUT2D eigenvalue weighted by Crippen LogP contribution is 2.30. The molecule has 1 saturated heterocycles. The van der Waals surface area contributed by atoms with Crippen molar-refractivity contribution in [2.24, 2.45) is 0 Å². The Hall–Kier alpha value is -2.99. The SMILES string of the molecule is N=C1C(c2nc3ccccc3c(=O)[nH]2)C(=O)CN1c1cccc(Cl)c1. The van der Waals surface area contributed by atoms with Gasteiger partial charge in [-0.25, -0.2) is 4.98 Å². The third-order valence-corrected chi connectivity index (χ3v) is 4.46. The van der Waals surface area contributed by atoms with Gasteiger partial charge < -0.3 is 9.88 Å². The molecule has 0 saturated carbocycles. The Morgan fingerprint density at radius 1 is 1.16 bits per heavy atom. The minimum Gasteiger partial charge on any atom is -0.322 e. The maximum absolute atomic E-state index is 12.5. The molecular weight excluding hydrogens is 340 g/mol. The number of rotatable bonds is 2. The lowest BCUT2D eigenvalue weighted by Crippen LogP contribution is -2.27. The van der Waals surface area contributed by atoms with Crippen LogP contribution in [0.25, 0.3) is 10.9 Å². The number of aromatic amines is 1. The van der Waals surface area contributed by atoms with Crippen LogP contribution in [0.2, 0.25) is 5.02 Å². The first kappa shape index (κ1) is 15.5. The Bertz CT molecular complexity index is 1080. The second kappa shape index (κ2) is 5.82. The van der Waals surface area contributed by atoms with E-state index < -0.39 is 5.92 Å². The first-order valence-corrected chi connectivity index (χ1v) is 8.05. The molecule has 0 bridgehead atoms. The van der Waals surface area contributed by atoms with Crippen LogP contribution in [0.1, 0.15) is 11.7 Å². The van der Waals surface area contributed by atoms with Gasteiger partial charge >= 0.3 is 0 Å². The highest BCUT2D eigenvalue weighted by Gasteiger charge is 2.39. The maximum atomic E-state index is 12.5. The lowest BCUT2D eigenvalue weighted by atomic mass is 10.1. The van der Waals surface area contributed by atoms with Crippen molar-refractivity contribution in [1.29, 1.82) is 5.41 Å². The van der Waals surface area contributed by atoms with Crippen LogP contribution in [0, 0.1) is 5.41 Å². The summed E-state index contributed by atoms with van der Waals surface area (Å²) in [4.78, 5) is 33.4. The molecular formula is C18H13ClN4O2. The van der Waals surface area contributed by atoms with Gasteiger partial charge in [-0.1, -0.05) is 29.8 Å². The van der Waals surface area contributed by atoms with E-state index in [1.54, 1.807) is 53.4 Å². The summed E-state index contributed by atoms with van der Waals surface area (Å²) in [5.74, 6) is -0.811. The van der Waals surface area contributed by atoms with E-state index in [1.165, 1.54) is 0 Å². The number of anilines is 1. The van der Waals surface area contributed by atoms with Crippen LogP contribution in [0.5, 0.6) is 0 Å². The number of ketones is 1. The van der Waals surface area contributed by atoms with Crippen molar-refractivity contribution in [3.8, 4) is 0 Å². The van der Waals surface area contributed by atoms with Crippen LogP contribution in [0.3, 0.4) is 0 Å². The number of nitrogens with one attached hydrogen (secondary N) is 2. The van der Waals surface area contributed by atoms with E-state index in [9.17, 15) is 9.59 Å². The second-order valence-corrected chi connectivity index (χ2v) is 6.26. The molecule has 1 aliphatic rings. The van der Waals surface area contributed by atoms with E-state index in [0.29, 0.717) is 21.6 Å². The van der Waals surface area contributed by atoms with Crippen molar-refractivity contribution in [1.82, 2.24) is 9.97 Å². The van der Waals surface area contributed by atoms with Gasteiger partial charge in [0.15, 0.2) is 5.78 Å². The van der Waals surface area contributed by atoms with Gasteiger partial charge in [0, 0.05) is 10.7 Å². The quantitative estimate of drug-likeness (QED) is 0.742. The van der Waals surface area contributed by atoms with Crippen molar-refractivity contribution in [3.05, 3.63) is 69.7 Å². The maximum Gasteiger partial charge on any atom is 0.258 e. The molecule has 1 aromatic heterocycles. The molecule has 0 amide bonds. The highest BCUT2D eigenvalue weighted by molar-refractivity contribution is 6.31. The summed E-state index contributed by atoms with van der Waals surface area (Å²) in [6.45, 7) is 0.0420. The summed E-state index contributed by atoms with van der Waals surface area (Å²) < 4.78 is 0. The number of para-hydroxylation sites is 1. The zero-order valence-electron chi connectivity index (χ0n) is 13.0. The number of H-pyrrole nitrogens is 1. The molecule has 2 heterocycles. The highest BCUT2D eigenvalue weighted by atomic mass is 35.5. The number of carbonyl (C=O) groups excluding carboxylic acids is 1. The first-order chi connectivity index (χ1) is 12.0. The monoisotopic (exact) mass is 352 g/mol. The van der Waals surface area contributed by atoms with Crippen LogP contribution >= 0.6 is 11.6 Å². The number of fused-ring (bicyclic) bond motifs is 1. The largest absolute Gasteiger partial charge is 0.322 e. The number of Topliss-reactive ketones (excluding diaryl/α,β-unsaturated/α-hetero) is 1. The van der Waals surface area contributed by atoms with Gasteiger partial charge in [0.1, 0.15) is 17.6 Å². The Balaban J connectivity index is 1.77. The molecule has 0 aliphatic carbocycles. The number of benzene rings is 2. The summed E-state index contributed by atoms with van der Waals surface area (Å²) in [6, 6.07) is 13.9. The fourth-order valence-corrected chi connectivity index (χ4v) is 3.22. The third-order valence-electron chi connectivity index (χ3n) is 4.22. The molecule has 0 spiro atoms. The van der Waals surface area contributed by atoms with Gasteiger partial charge in [0.25, 0.3) is 5.56 Å². The van der Waals surface area contributed by atoms with Gasteiger partial charge in [-0.2, -0.15) is 0 Å². The molecule has 7 heteroatoms. The van der Waals surface area contributed by atoms with Crippen LogP contribution in [-0.4, -0.2) is 28.1 Å². The van der Waals surface area contributed by atoms with Crippen molar-refractivity contribution < 1.29 is 4.79 Å². The summed E-state index contributed by atoms with van der Waals surface area (Å²) in [5, 5.41) is 9.40. The molecule has 4 rings (SSSR count). The normalized spacial score (nSPS) is 17.5. The minimum atomic E-state index is -0.892. The Morgan fingerprint density at radius 3 is 2.76 bits per heavy atom. The van der Waals surface area contributed by atoms with Gasteiger partial charge in [-0.05, 0) is 30.3 Å². The van der Waals surface area contributed by atoms with Crippen molar-refractivity contribution >= 4 is 39.8 Å². The van der Waals surface area contributed by atoms with E-state index in [-0.39, 0.29) is 29.5 Å². The zero-order valence-corrected chi connectivity index (χ0v) is 13.7. The zero-order chi connectivity index (χ0) is 17.6. The summed E-state index contributed by atoms with van der Waals surface area (Å²) in [7, 11) is 0. The fraction of sp³-hybridized carbons (Fsp3) is 0.111. The summed E-state index contributed by atoms with van der Waals surface area (Å²) in [5.41, 5.74) is 0.849. The minimum absolute atomic E-state index is 0.0420.